The minimum absolute atomic E-state index is 0.224. The number of anilines is 1. The largest absolute Gasteiger partial charge is 0.494 e. The number of carbonyl (C=O) groups is 1. The van der Waals surface area contributed by atoms with Gasteiger partial charge in [-0.2, -0.15) is 0 Å². The van der Waals surface area contributed by atoms with Crippen LogP contribution in [0.25, 0.3) is 0 Å². The Balaban J connectivity index is 1.94. The number of hydrogen-bond acceptors (Lipinski definition) is 5. The molecule has 1 amide bonds. The second-order valence-electron chi connectivity index (χ2n) is 4.88. The van der Waals surface area contributed by atoms with Gasteiger partial charge in [0.1, 0.15) is 0 Å². The summed E-state index contributed by atoms with van der Waals surface area (Å²) in [6.07, 6.45) is 6.90. The summed E-state index contributed by atoms with van der Waals surface area (Å²) in [4.78, 5) is 21.6. The number of primary amides is 1. The lowest BCUT2D eigenvalue weighted by Gasteiger charge is -2.32. The predicted molar refractivity (Wildman–Crippen MR) is 71.9 cm³/mol. The molecule has 19 heavy (non-hydrogen) atoms. The van der Waals surface area contributed by atoms with Gasteiger partial charge in [0.2, 0.25) is 11.9 Å². The summed E-state index contributed by atoms with van der Waals surface area (Å²) in [6.45, 7) is 1.85. The summed E-state index contributed by atoms with van der Waals surface area (Å²) >= 11 is 0. The number of methoxy groups -OCH3 is 1. The highest BCUT2D eigenvalue weighted by atomic mass is 16.5. The van der Waals surface area contributed by atoms with E-state index >= 15 is 0 Å². The number of nitrogens with zero attached hydrogens (tertiary/aromatic N) is 3. The minimum Gasteiger partial charge on any atom is -0.494 e. The number of rotatable bonds is 5. The van der Waals surface area contributed by atoms with Crippen LogP contribution in [0.5, 0.6) is 5.75 Å². The molecule has 104 valence electrons. The molecule has 2 N–H and O–H groups in total. The molecule has 1 unspecified atom stereocenters. The van der Waals surface area contributed by atoms with Crippen LogP contribution in [0, 0.1) is 5.92 Å². The summed E-state index contributed by atoms with van der Waals surface area (Å²) in [5.74, 6) is 1.65. The van der Waals surface area contributed by atoms with Crippen molar-refractivity contribution in [3.8, 4) is 5.75 Å². The maximum atomic E-state index is 10.8. The van der Waals surface area contributed by atoms with Crippen molar-refractivity contribution in [2.45, 2.75) is 25.7 Å². The number of hydrogen-bond donors (Lipinski definition) is 1. The Morgan fingerprint density at radius 3 is 2.89 bits per heavy atom. The Hall–Kier alpha value is -1.85. The quantitative estimate of drug-likeness (QED) is 0.857. The van der Waals surface area contributed by atoms with Crippen LogP contribution >= 0.6 is 0 Å². The lowest BCUT2D eigenvalue weighted by molar-refractivity contribution is -0.118. The van der Waals surface area contributed by atoms with Crippen LogP contribution in [0.3, 0.4) is 0 Å². The first-order valence-corrected chi connectivity index (χ1v) is 6.58. The van der Waals surface area contributed by atoms with E-state index in [1.807, 2.05) is 0 Å². The molecule has 1 saturated heterocycles. The van der Waals surface area contributed by atoms with Gasteiger partial charge in [-0.15, -0.1) is 0 Å². The second kappa shape index (κ2) is 6.36. The molecule has 6 heteroatoms. The molecule has 1 aliphatic heterocycles. The Morgan fingerprint density at radius 1 is 1.53 bits per heavy atom. The number of ether oxygens (including phenoxy) is 1. The molecule has 0 saturated carbocycles. The van der Waals surface area contributed by atoms with Gasteiger partial charge in [-0.05, 0) is 25.2 Å². The summed E-state index contributed by atoms with van der Waals surface area (Å²) in [7, 11) is 1.60. The van der Waals surface area contributed by atoms with E-state index in [0.29, 0.717) is 18.1 Å². The van der Waals surface area contributed by atoms with Gasteiger partial charge in [-0.3, -0.25) is 4.79 Å². The molecule has 2 heterocycles. The van der Waals surface area contributed by atoms with Crippen LogP contribution in [-0.4, -0.2) is 36.1 Å². The smallest absolute Gasteiger partial charge is 0.225 e. The van der Waals surface area contributed by atoms with E-state index in [2.05, 4.69) is 14.9 Å². The summed E-state index contributed by atoms with van der Waals surface area (Å²) < 4.78 is 5.05. The summed E-state index contributed by atoms with van der Waals surface area (Å²) in [6, 6.07) is 0. The number of carbonyl (C=O) groups excluding carboxylic acids is 1. The third-order valence-electron chi connectivity index (χ3n) is 3.45. The summed E-state index contributed by atoms with van der Waals surface area (Å²) in [5.41, 5.74) is 5.20. The van der Waals surface area contributed by atoms with Crippen LogP contribution in [0.4, 0.5) is 5.95 Å². The van der Waals surface area contributed by atoms with Gasteiger partial charge in [0.25, 0.3) is 0 Å². The maximum Gasteiger partial charge on any atom is 0.225 e. The molecule has 0 spiro atoms. The lowest BCUT2D eigenvalue weighted by Crippen LogP contribution is -2.36. The fourth-order valence-electron chi connectivity index (χ4n) is 2.41. The third-order valence-corrected chi connectivity index (χ3v) is 3.45. The van der Waals surface area contributed by atoms with Crippen molar-refractivity contribution in [2.24, 2.45) is 11.7 Å². The van der Waals surface area contributed by atoms with Gasteiger partial charge < -0.3 is 15.4 Å². The Morgan fingerprint density at radius 2 is 2.26 bits per heavy atom. The Kier molecular flexibility index (Phi) is 4.54. The van der Waals surface area contributed by atoms with E-state index in [4.69, 9.17) is 10.5 Å². The van der Waals surface area contributed by atoms with Crippen molar-refractivity contribution in [1.82, 2.24) is 9.97 Å². The van der Waals surface area contributed by atoms with Crippen molar-refractivity contribution in [3.05, 3.63) is 12.4 Å². The first-order chi connectivity index (χ1) is 9.19. The highest BCUT2D eigenvalue weighted by Crippen LogP contribution is 2.23. The van der Waals surface area contributed by atoms with E-state index < -0.39 is 0 Å². The molecular formula is C13H20N4O2. The van der Waals surface area contributed by atoms with Crippen LogP contribution < -0.4 is 15.4 Å². The fraction of sp³-hybridized carbons (Fsp3) is 0.615. The molecule has 1 atom stereocenters. The minimum atomic E-state index is -0.224. The van der Waals surface area contributed by atoms with Crippen LogP contribution in [0.2, 0.25) is 0 Å². The number of nitrogens with two attached hydrogens (primary N) is 1. The van der Waals surface area contributed by atoms with E-state index in [9.17, 15) is 4.79 Å². The van der Waals surface area contributed by atoms with Gasteiger partial charge in [0.15, 0.2) is 5.75 Å². The normalized spacial score (nSPS) is 19.2. The van der Waals surface area contributed by atoms with Crippen molar-refractivity contribution in [1.29, 1.82) is 0 Å². The highest BCUT2D eigenvalue weighted by Gasteiger charge is 2.21. The van der Waals surface area contributed by atoms with E-state index in [1.54, 1.807) is 19.5 Å². The molecule has 6 nitrogen and oxygen atoms in total. The average molecular weight is 264 g/mol. The number of aromatic nitrogens is 2. The van der Waals surface area contributed by atoms with Gasteiger partial charge in [0.05, 0.1) is 19.5 Å². The molecule has 1 aromatic rings. The zero-order chi connectivity index (χ0) is 13.7. The zero-order valence-electron chi connectivity index (χ0n) is 11.2. The van der Waals surface area contributed by atoms with Crippen molar-refractivity contribution >= 4 is 11.9 Å². The fourth-order valence-corrected chi connectivity index (χ4v) is 2.41. The summed E-state index contributed by atoms with van der Waals surface area (Å²) in [5, 5.41) is 0. The lowest BCUT2D eigenvalue weighted by atomic mass is 9.93. The number of amides is 1. The van der Waals surface area contributed by atoms with Gasteiger partial charge in [-0.25, -0.2) is 9.97 Å². The van der Waals surface area contributed by atoms with E-state index in [1.165, 1.54) is 0 Å². The zero-order valence-corrected chi connectivity index (χ0v) is 11.2. The SMILES string of the molecule is COc1cnc(N2CCCC(CCC(N)=O)C2)nc1. The maximum absolute atomic E-state index is 10.8. The monoisotopic (exact) mass is 264 g/mol. The van der Waals surface area contributed by atoms with Crippen LogP contribution in [-0.2, 0) is 4.79 Å². The van der Waals surface area contributed by atoms with E-state index in [0.717, 1.165) is 38.3 Å². The molecule has 0 bridgehead atoms. The Bertz CT molecular complexity index is 421. The molecule has 0 radical (unpaired) electrons. The van der Waals surface area contributed by atoms with Crippen molar-refractivity contribution in [3.63, 3.8) is 0 Å². The Labute approximate surface area is 113 Å². The van der Waals surface area contributed by atoms with Crippen LogP contribution in [0.15, 0.2) is 12.4 Å². The van der Waals surface area contributed by atoms with Crippen molar-refractivity contribution < 1.29 is 9.53 Å². The van der Waals surface area contributed by atoms with Crippen molar-refractivity contribution in [2.75, 3.05) is 25.1 Å². The molecule has 1 aliphatic rings. The molecule has 0 aliphatic carbocycles. The van der Waals surface area contributed by atoms with Gasteiger partial charge >= 0.3 is 0 Å². The van der Waals surface area contributed by atoms with Gasteiger partial charge in [-0.1, -0.05) is 0 Å². The molecule has 2 rings (SSSR count). The second-order valence-corrected chi connectivity index (χ2v) is 4.88. The highest BCUT2D eigenvalue weighted by molar-refractivity contribution is 5.73. The van der Waals surface area contributed by atoms with E-state index in [-0.39, 0.29) is 5.91 Å². The first kappa shape index (κ1) is 13.6. The number of piperidine rings is 1. The molecule has 0 aromatic carbocycles. The van der Waals surface area contributed by atoms with Gasteiger partial charge in [0, 0.05) is 19.5 Å². The average Bonchev–Trinajstić information content (AvgIpc) is 2.45. The third kappa shape index (κ3) is 3.81. The standard InChI is InChI=1S/C13H20N4O2/c1-19-11-7-15-13(16-8-11)17-6-2-3-10(9-17)4-5-12(14)18/h7-8,10H,2-6,9H2,1H3,(H2,14,18). The van der Waals surface area contributed by atoms with Crippen LogP contribution in [0.1, 0.15) is 25.7 Å². The first-order valence-electron chi connectivity index (χ1n) is 6.58. The predicted octanol–water partition coefficient (Wildman–Crippen LogP) is 0.967. The topological polar surface area (TPSA) is 81.3 Å². The molecular weight excluding hydrogens is 244 g/mol. The molecule has 1 aromatic heterocycles. The molecule has 1 fully saturated rings.